The van der Waals surface area contributed by atoms with E-state index >= 15 is 0 Å². The predicted octanol–water partition coefficient (Wildman–Crippen LogP) is 4.02. The van der Waals surface area contributed by atoms with E-state index in [0.717, 1.165) is 30.6 Å². The van der Waals surface area contributed by atoms with E-state index < -0.39 is 0 Å². The average molecular weight is 296 g/mol. The summed E-state index contributed by atoms with van der Waals surface area (Å²) in [4.78, 5) is 12.5. The minimum absolute atomic E-state index is 0.0823. The quantitative estimate of drug-likeness (QED) is 0.786. The predicted molar refractivity (Wildman–Crippen MR) is 84.8 cm³/mol. The van der Waals surface area contributed by atoms with E-state index in [0.29, 0.717) is 12.2 Å². The SMILES string of the molecule is CC1Oc2cc(O)ccc2C2=C1C1=CCCC(=O)[C@@]1(C)CC2. The zero-order valence-corrected chi connectivity index (χ0v) is 13.0. The zero-order valence-electron chi connectivity index (χ0n) is 13.0. The molecule has 3 aliphatic rings. The Labute approximate surface area is 130 Å². The topological polar surface area (TPSA) is 46.5 Å². The molecule has 1 aliphatic heterocycles. The van der Waals surface area contributed by atoms with Crippen molar-refractivity contribution in [1.29, 1.82) is 0 Å². The van der Waals surface area contributed by atoms with Crippen molar-refractivity contribution in [2.75, 3.05) is 0 Å². The summed E-state index contributed by atoms with van der Waals surface area (Å²) in [6.07, 6.45) is 5.39. The molecule has 0 saturated heterocycles. The fourth-order valence-electron chi connectivity index (χ4n) is 4.20. The molecule has 2 aliphatic carbocycles. The molecule has 114 valence electrons. The molecule has 1 aromatic rings. The van der Waals surface area contributed by atoms with Gasteiger partial charge >= 0.3 is 0 Å². The normalized spacial score (nSPS) is 30.0. The maximum atomic E-state index is 12.5. The van der Waals surface area contributed by atoms with E-state index in [1.807, 2.05) is 13.0 Å². The number of hydrogen-bond acceptors (Lipinski definition) is 3. The molecule has 0 saturated carbocycles. The number of ketones is 1. The summed E-state index contributed by atoms with van der Waals surface area (Å²) in [6, 6.07) is 5.32. The summed E-state index contributed by atoms with van der Waals surface area (Å²) >= 11 is 0. The summed E-state index contributed by atoms with van der Waals surface area (Å²) in [5, 5.41) is 9.68. The number of carbonyl (C=O) groups is 1. The molecular weight excluding hydrogens is 276 g/mol. The van der Waals surface area contributed by atoms with Gasteiger partial charge in [0.15, 0.2) is 0 Å². The van der Waals surface area contributed by atoms with Crippen LogP contribution in [0.5, 0.6) is 11.5 Å². The van der Waals surface area contributed by atoms with Crippen LogP contribution in [0.3, 0.4) is 0 Å². The van der Waals surface area contributed by atoms with Gasteiger partial charge in [-0.25, -0.2) is 0 Å². The van der Waals surface area contributed by atoms with Gasteiger partial charge in [-0.15, -0.1) is 0 Å². The highest BCUT2D eigenvalue weighted by molar-refractivity contribution is 5.94. The summed E-state index contributed by atoms with van der Waals surface area (Å²) in [6.45, 7) is 4.12. The van der Waals surface area contributed by atoms with Crippen molar-refractivity contribution in [3.63, 3.8) is 0 Å². The number of aromatic hydroxyl groups is 1. The van der Waals surface area contributed by atoms with Crippen LogP contribution < -0.4 is 4.74 Å². The molecule has 22 heavy (non-hydrogen) atoms. The molecule has 2 atom stereocenters. The molecule has 1 unspecified atom stereocenters. The third-order valence-electron chi connectivity index (χ3n) is 5.42. The third kappa shape index (κ3) is 1.71. The first-order valence-electron chi connectivity index (χ1n) is 7.98. The Balaban J connectivity index is 1.93. The Morgan fingerprint density at radius 1 is 1.32 bits per heavy atom. The molecule has 0 aromatic heterocycles. The molecule has 1 aromatic carbocycles. The second-order valence-corrected chi connectivity index (χ2v) is 6.74. The van der Waals surface area contributed by atoms with E-state index in [4.69, 9.17) is 4.74 Å². The average Bonchev–Trinajstić information content (AvgIpc) is 2.48. The minimum atomic E-state index is -0.344. The van der Waals surface area contributed by atoms with Gasteiger partial charge < -0.3 is 9.84 Å². The van der Waals surface area contributed by atoms with Crippen molar-refractivity contribution in [2.24, 2.45) is 5.41 Å². The van der Waals surface area contributed by atoms with Gasteiger partial charge in [-0.1, -0.05) is 6.08 Å². The highest BCUT2D eigenvalue weighted by Crippen LogP contribution is 2.54. The second kappa shape index (κ2) is 4.48. The van der Waals surface area contributed by atoms with Crippen molar-refractivity contribution in [3.8, 4) is 11.5 Å². The van der Waals surface area contributed by atoms with Crippen molar-refractivity contribution in [3.05, 3.63) is 41.0 Å². The number of allylic oxidation sites excluding steroid dienone is 2. The maximum absolute atomic E-state index is 12.5. The number of phenols is 1. The molecule has 1 N–H and O–H groups in total. The van der Waals surface area contributed by atoms with Gasteiger partial charge in [-0.05, 0) is 62.0 Å². The Bertz CT molecular complexity index is 741. The summed E-state index contributed by atoms with van der Waals surface area (Å²) in [7, 11) is 0. The van der Waals surface area contributed by atoms with Gasteiger partial charge in [0.05, 0.1) is 5.41 Å². The number of ether oxygens (including phenoxy) is 1. The van der Waals surface area contributed by atoms with Crippen molar-refractivity contribution in [1.82, 2.24) is 0 Å². The number of phenolic OH excluding ortho intramolecular Hbond substituents is 1. The monoisotopic (exact) mass is 296 g/mol. The van der Waals surface area contributed by atoms with Gasteiger partial charge in [-0.2, -0.15) is 0 Å². The number of carbonyl (C=O) groups excluding carboxylic acids is 1. The number of rotatable bonds is 0. The lowest BCUT2D eigenvalue weighted by molar-refractivity contribution is -0.126. The van der Waals surface area contributed by atoms with E-state index in [2.05, 4.69) is 13.0 Å². The van der Waals surface area contributed by atoms with Gasteiger partial charge in [0.25, 0.3) is 0 Å². The molecule has 1 heterocycles. The molecule has 0 spiro atoms. The smallest absolute Gasteiger partial charge is 0.143 e. The van der Waals surface area contributed by atoms with E-state index in [1.165, 1.54) is 16.7 Å². The van der Waals surface area contributed by atoms with Crippen LogP contribution in [0.1, 0.15) is 45.1 Å². The molecule has 0 radical (unpaired) electrons. The highest BCUT2D eigenvalue weighted by atomic mass is 16.5. The largest absolute Gasteiger partial charge is 0.508 e. The third-order valence-corrected chi connectivity index (χ3v) is 5.42. The van der Waals surface area contributed by atoms with E-state index in [1.54, 1.807) is 12.1 Å². The summed E-state index contributed by atoms with van der Waals surface area (Å²) in [5.41, 5.74) is 4.37. The molecule has 0 bridgehead atoms. The van der Waals surface area contributed by atoms with Crippen LogP contribution in [0.4, 0.5) is 0 Å². The van der Waals surface area contributed by atoms with Crippen LogP contribution in [0, 0.1) is 5.41 Å². The van der Waals surface area contributed by atoms with Gasteiger partial charge in [0.2, 0.25) is 0 Å². The lowest BCUT2D eigenvalue weighted by Crippen LogP contribution is -2.39. The molecule has 4 rings (SSSR count). The minimum Gasteiger partial charge on any atom is -0.508 e. The number of hydrogen-bond donors (Lipinski definition) is 1. The lowest BCUT2D eigenvalue weighted by atomic mass is 9.61. The van der Waals surface area contributed by atoms with Crippen LogP contribution in [0.25, 0.3) is 5.57 Å². The first-order chi connectivity index (χ1) is 10.5. The first-order valence-corrected chi connectivity index (χ1v) is 7.98. The zero-order chi connectivity index (χ0) is 15.5. The van der Waals surface area contributed by atoms with Crippen molar-refractivity contribution in [2.45, 2.75) is 45.6 Å². The van der Waals surface area contributed by atoms with Crippen LogP contribution in [-0.2, 0) is 4.79 Å². The number of benzene rings is 1. The van der Waals surface area contributed by atoms with Gasteiger partial charge in [0.1, 0.15) is 23.4 Å². The second-order valence-electron chi connectivity index (χ2n) is 6.74. The molecule has 0 amide bonds. The maximum Gasteiger partial charge on any atom is 0.143 e. The Kier molecular flexibility index (Phi) is 2.77. The molecule has 0 fully saturated rings. The van der Waals surface area contributed by atoms with E-state index in [9.17, 15) is 9.90 Å². The molecule has 3 nitrogen and oxygen atoms in total. The van der Waals surface area contributed by atoms with Crippen LogP contribution in [-0.4, -0.2) is 17.0 Å². The first kappa shape index (κ1) is 13.6. The number of fused-ring (bicyclic) bond motifs is 4. The van der Waals surface area contributed by atoms with Gasteiger partial charge in [0, 0.05) is 18.1 Å². The van der Waals surface area contributed by atoms with E-state index in [-0.39, 0.29) is 17.3 Å². The fourth-order valence-corrected chi connectivity index (χ4v) is 4.20. The van der Waals surface area contributed by atoms with Crippen molar-refractivity contribution < 1.29 is 14.6 Å². The Morgan fingerprint density at radius 2 is 2.14 bits per heavy atom. The lowest BCUT2D eigenvalue weighted by Gasteiger charge is -2.44. The fraction of sp³-hybridized carbons (Fsp3) is 0.421. The van der Waals surface area contributed by atoms with Crippen LogP contribution in [0.15, 0.2) is 35.4 Å². The Hall–Kier alpha value is -2.03. The Morgan fingerprint density at radius 3 is 2.95 bits per heavy atom. The standard InChI is InChI=1S/C19H20O3/c1-11-18-14(13-7-6-12(20)10-16(13)22-11)8-9-19(2)15(18)4-3-5-17(19)21/h4,6-7,10-11,20H,3,5,8-9H2,1-2H3/t11?,19-/m0/s1. The summed E-state index contributed by atoms with van der Waals surface area (Å²) in [5.74, 6) is 1.33. The van der Waals surface area contributed by atoms with Crippen molar-refractivity contribution >= 4 is 11.4 Å². The van der Waals surface area contributed by atoms with Crippen LogP contribution >= 0.6 is 0 Å². The highest BCUT2D eigenvalue weighted by Gasteiger charge is 2.46. The van der Waals surface area contributed by atoms with Crippen LogP contribution in [0.2, 0.25) is 0 Å². The molecular formula is C19H20O3. The van der Waals surface area contributed by atoms with Gasteiger partial charge in [-0.3, -0.25) is 4.79 Å². The molecule has 3 heteroatoms. The number of Topliss-reactive ketones (excluding diaryl/α,β-unsaturated/α-hetero) is 1. The summed E-state index contributed by atoms with van der Waals surface area (Å²) < 4.78 is 6.04.